The lowest BCUT2D eigenvalue weighted by Gasteiger charge is -2.31. The van der Waals surface area contributed by atoms with E-state index < -0.39 is 0 Å². The number of carbonyl (C=O) groups excluding carboxylic acids is 2. The zero-order valence-corrected chi connectivity index (χ0v) is 18.9. The molecule has 2 amide bonds. The van der Waals surface area contributed by atoms with Gasteiger partial charge in [-0.3, -0.25) is 9.59 Å². The van der Waals surface area contributed by atoms with Gasteiger partial charge >= 0.3 is 0 Å². The summed E-state index contributed by atoms with van der Waals surface area (Å²) in [6.07, 6.45) is 8.13. The van der Waals surface area contributed by atoms with Crippen molar-refractivity contribution in [2.45, 2.75) is 51.4 Å². The standard InChI is InChI=1S/C27H35N3O2/c31-26(15-10-21-6-2-1-3-7-21)30-18-16-23(17-19-30)27(32)29-25-13-11-24(12-14-25)28-20-22-8-4-5-9-22/h1-3,6-7,11-14,22-23,28H,4-5,8-10,15-20H2,(H,29,32). The van der Waals surface area contributed by atoms with Crippen molar-refractivity contribution in [2.75, 3.05) is 30.3 Å². The van der Waals surface area contributed by atoms with Gasteiger partial charge in [0.2, 0.25) is 11.8 Å². The fraction of sp³-hybridized carbons (Fsp3) is 0.481. The van der Waals surface area contributed by atoms with Crippen LogP contribution in [0, 0.1) is 11.8 Å². The average molecular weight is 434 g/mol. The Labute approximate surface area is 191 Å². The van der Waals surface area contributed by atoms with Crippen LogP contribution in [0.1, 0.15) is 50.5 Å². The Hall–Kier alpha value is -2.82. The largest absolute Gasteiger partial charge is 0.385 e. The molecular weight excluding hydrogens is 398 g/mol. The van der Waals surface area contributed by atoms with Crippen molar-refractivity contribution in [2.24, 2.45) is 11.8 Å². The van der Waals surface area contributed by atoms with Gasteiger partial charge in [-0.2, -0.15) is 0 Å². The lowest BCUT2D eigenvalue weighted by atomic mass is 9.95. The summed E-state index contributed by atoms with van der Waals surface area (Å²) < 4.78 is 0. The number of benzene rings is 2. The molecule has 32 heavy (non-hydrogen) atoms. The van der Waals surface area contributed by atoms with Crippen LogP contribution in [0.2, 0.25) is 0 Å². The summed E-state index contributed by atoms with van der Waals surface area (Å²) >= 11 is 0. The Morgan fingerprint density at radius 3 is 2.19 bits per heavy atom. The molecule has 0 bridgehead atoms. The Bertz CT molecular complexity index is 868. The van der Waals surface area contributed by atoms with E-state index in [9.17, 15) is 9.59 Å². The monoisotopic (exact) mass is 433 g/mol. The zero-order chi connectivity index (χ0) is 22.2. The highest BCUT2D eigenvalue weighted by molar-refractivity contribution is 5.93. The number of carbonyl (C=O) groups is 2. The minimum atomic E-state index is -0.0339. The van der Waals surface area contributed by atoms with E-state index in [1.54, 1.807) is 0 Å². The van der Waals surface area contributed by atoms with Crippen LogP contribution < -0.4 is 10.6 Å². The molecule has 0 unspecified atom stereocenters. The van der Waals surface area contributed by atoms with E-state index in [1.807, 2.05) is 47.4 Å². The summed E-state index contributed by atoms with van der Waals surface area (Å²) in [4.78, 5) is 27.2. The minimum Gasteiger partial charge on any atom is -0.385 e. The molecule has 2 aromatic rings. The predicted octanol–water partition coefficient (Wildman–Crippen LogP) is 5.10. The van der Waals surface area contributed by atoms with Gasteiger partial charge in [-0.05, 0) is 67.9 Å². The van der Waals surface area contributed by atoms with Crippen molar-refractivity contribution in [3.8, 4) is 0 Å². The van der Waals surface area contributed by atoms with E-state index in [-0.39, 0.29) is 17.7 Å². The first kappa shape index (κ1) is 22.4. The van der Waals surface area contributed by atoms with Crippen molar-refractivity contribution >= 4 is 23.2 Å². The molecular formula is C27H35N3O2. The molecule has 1 saturated carbocycles. The molecule has 170 valence electrons. The molecule has 1 aliphatic heterocycles. The molecule has 4 rings (SSSR count). The second-order valence-electron chi connectivity index (χ2n) is 9.24. The summed E-state index contributed by atoms with van der Waals surface area (Å²) in [6.45, 7) is 2.36. The molecule has 2 aromatic carbocycles. The van der Waals surface area contributed by atoms with E-state index in [0.717, 1.165) is 43.1 Å². The van der Waals surface area contributed by atoms with Crippen LogP contribution in [0.25, 0.3) is 0 Å². The van der Waals surface area contributed by atoms with Crippen LogP contribution >= 0.6 is 0 Å². The molecule has 2 aliphatic rings. The summed E-state index contributed by atoms with van der Waals surface area (Å²) in [5.41, 5.74) is 3.13. The minimum absolute atomic E-state index is 0.0339. The molecule has 0 aromatic heterocycles. The van der Waals surface area contributed by atoms with Gasteiger partial charge in [0.05, 0.1) is 0 Å². The Kier molecular flexibility index (Phi) is 7.81. The zero-order valence-electron chi connectivity index (χ0n) is 18.9. The van der Waals surface area contributed by atoms with Gasteiger partial charge in [0.1, 0.15) is 0 Å². The first-order valence-corrected chi connectivity index (χ1v) is 12.1. The van der Waals surface area contributed by atoms with Crippen LogP contribution in [-0.4, -0.2) is 36.3 Å². The number of rotatable bonds is 8. The Morgan fingerprint density at radius 2 is 1.50 bits per heavy atom. The van der Waals surface area contributed by atoms with Crippen molar-refractivity contribution < 1.29 is 9.59 Å². The maximum absolute atomic E-state index is 12.7. The molecule has 1 aliphatic carbocycles. The quantitative estimate of drug-likeness (QED) is 0.609. The van der Waals surface area contributed by atoms with E-state index in [4.69, 9.17) is 0 Å². The third-order valence-corrected chi connectivity index (χ3v) is 6.91. The summed E-state index contributed by atoms with van der Waals surface area (Å²) in [6, 6.07) is 18.1. The molecule has 5 nitrogen and oxygen atoms in total. The normalized spacial score (nSPS) is 17.3. The molecule has 0 radical (unpaired) electrons. The van der Waals surface area contributed by atoms with Gasteiger partial charge in [-0.25, -0.2) is 0 Å². The number of anilines is 2. The van der Waals surface area contributed by atoms with Crippen LogP contribution in [-0.2, 0) is 16.0 Å². The SMILES string of the molecule is O=C(Nc1ccc(NCC2CCCC2)cc1)C1CCN(C(=O)CCc2ccccc2)CC1. The number of likely N-dealkylation sites (tertiary alicyclic amines) is 1. The molecule has 1 heterocycles. The lowest BCUT2D eigenvalue weighted by molar-refractivity contribution is -0.134. The van der Waals surface area contributed by atoms with Crippen LogP contribution in [0.4, 0.5) is 11.4 Å². The molecule has 0 atom stereocenters. The van der Waals surface area contributed by atoms with Crippen molar-refractivity contribution in [3.63, 3.8) is 0 Å². The van der Waals surface area contributed by atoms with Crippen molar-refractivity contribution in [1.82, 2.24) is 4.90 Å². The highest BCUT2D eigenvalue weighted by Gasteiger charge is 2.27. The number of aryl methyl sites for hydroxylation is 1. The van der Waals surface area contributed by atoms with Gasteiger partial charge in [-0.15, -0.1) is 0 Å². The van der Waals surface area contributed by atoms with Gasteiger partial charge in [0.25, 0.3) is 0 Å². The van der Waals surface area contributed by atoms with Gasteiger partial charge in [0.15, 0.2) is 0 Å². The van der Waals surface area contributed by atoms with Gasteiger partial charge in [-0.1, -0.05) is 43.2 Å². The van der Waals surface area contributed by atoms with Crippen molar-refractivity contribution in [3.05, 3.63) is 60.2 Å². The topological polar surface area (TPSA) is 61.4 Å². The summed E-state index contributed by atoms with van der Waals surface area (Å²) in [7, 11) is 0. The summed E-state index contributed by atoms with van der Waals surface area (Å²) in [5.74, 6) is 1.01. The number of piperidine rings is 1. The lowest BCUT2D eigenvalue weighted by Crippen LogP contribution is -2.41. The number of nitrogens with one attached hydrogen (secondary N) is 2. The van der Waals surface area contributed by atoms with E-state index >= 15 is 0 Å². The highest BCUT2D eigenvalue weighted by atomic mass is 16.2. The first-order chi connectivity index (χ1) is 15.7. The number of amides is 2. The third kappa shape index (κ3) is 6.35. The van der Waals surface area contributed by atoms with E-state index in [0.29, 0.717) is 19.5 Å². The first-order valence-electron chi connectivity index (χ1n) is 12.1. The molecule has 1 saturated heterocycles. The second-order valence-corrected chi connectivity index (χ2v) is 9.24. The molecule has 0 spiro atoms. The maximum Gasteiger partial charge on any atom is 0.227 e. The van der Waals surface area contributed by atoms with Gasteiger partial charge in [0, 0.05) is 43.3 Å². The Balaban J connectivity index is 1.17. The maximum atomic E-state index is 12.7. The summed E-state index contributed by atoms with van der Waals surface area (Å²) in [5, 5.41) is 6.57. The van der Waals surface area contributed by atoms with Gasteiger partial charge < -0.3 is 15.5 Å². The fourth-order valence-corrected chi connectivity index (χ4v) is 4.84. The smallest absolute Gasteiger partial charge is 0.227 e. The number of nitrogens with zero attached hydrogens (tertiary/aromatic N) is 1. The van der Waals surface area contributed by atoms with Crippen LogP contribution in [0.15, 0.2) is 54.6 Å². The van der Waals surface area contributed by atoms with Crippen LogP contribution in [0.3, 0.4) is 0 Å². The molecule has 5 heteroatoms. The average Bonchev–Trinajstić information content (AvgIpc) is 3.37. The fourth-order valence-electron chi connectivity index (χ4n) is 4.84. The highest BCUT2D eigenvalue weighted by Crippen LogP contribution is 2.25. The third-order valence-electron chi connectivity index (χ3n) is 6.91. The van der Waals surface area contributed by atoms with Crippen LogP contribution in [0.5, 0.6) is 0 Å². The van der Waals surface area contributed by atoms with Crippen molar-refractivity contribution in [1.29, 1.82) is 0 Å². The number of hydrogen-bond acceptors (Lipinski definition) is 3. The Morgan fingerprint density at radius 1 is 0.844 bits per heavy atom. The predicted molar refractivity (Wildman–Crippen MR) is 130 cm³/mol. The van der Waals surface area contributed by atoms with E-state index in [2.05, 4.69) is 22.8 Å². The molecule has 2 fully saturated rings. The second kappa shape index (κ2) is 11.2. The van der Waals surface area contributed by atoms with E-state index in [1.165, 1.54) is 31.2 Å². The number of hydrogen-bond donors (Lipinski definition) is 2. The molecule has 2 N–H and O–H groups in total.